The van der Waals surface area contributed by atoms with E-state index in [1.807, 2.05) is 0 Å². The van der Waals surface area contributed by atoms with Gasteiger partial charge in [0, 0.05) is 12.8 Å². The SMILES string of the molecule is CCCCCCCCCCCCOC(=O)CCCCCCCCC(=O)O. The summed E-state index contributed by atoms with van der Waals surface area (Å²) in [5, 5.41) is 8.54. The highest BCUT2D eigenvalue weighted by Gasteiger charge is 2.03. The molecular weight excluding hydrogens is 328 g/mol. The minimum absolute atomic E-state index is 0.0631. The molecule has 0 aromatic carbocycles. The molecule has 0 radical (unpaired) electrons. The van der Waals surface area contributed by atoms with Crippen LogP contribution >= 0.6 is 0 Å². The first-order valence-electron chi connectivity index (χ1n) is 11.0. The number of unbranched alkanes of at least 4 members (excludes halogenated alkanes) is 14. The molecule has 4 nitrogen and oxygen atoms in total. The van der Waals surface area contributed by atoms with Crippen LogP contribution in [0.1, 0.15) is 122 Å². The number of esters is 1. The highest BCUT2D eigenvalue weighted by molar-refractivity contribution is 5.69. The van der Waals surface area contributed by atoms with Gasteiger partial charge in [0.1, 0.15) is 0 Å². The van der Waals surface area contributed by atoms with Crippen molar-refractivity contribution < 1.29 is 19.4 Å². The fourth-order valence-corrected chi connectivity index (χ4v) is 3.10. The molecule has 0 saturated heterocycles. The van der Waals surface area contributed by atoms with Gasteiger partial charge >= 0.3 is 11.9 Å². The van der Waals surface area contributed by atoms with E-state index in [0.717, 1.165) is 44.9 Å². The zero-order valence-electron chi connectivity index (χ0n) is 17.1. The van der Waals surface area contributed by atoms with E-state index < -0.39 is 5.97 Å². The first-order chi connectivity index (χ1) is 12.7. The zero-order valence-corrected chi connectivity index (χ0v) is 17.1. The van der Waals surface area contributed by atoms with E-state index in [0.29, 0.717) is 13.0 Å². The van der Waals surface area contributed by atoms with Crippen molar-refractivity contribution in [3.8, 4) is 0 Å². The number of carbonyl (C=O) groups is 2. The van der Waals surface area contributed by atoms with Gasteiger partial charge in [-0.15, -0.1) is 0 Å². The number of ether oxygens (including phenoxy) is 1. The third-order valence-electron chi connectivity index (χ3n) is 4.78. The van der Waals surface area contributed by atoms with Crippen LogP contribution < -0.4 is 0 Å². The first kappa shape index (κ1) is 24.9. The van der Waals surface area contributed by atoms with Crippen molar-refractivity contribution >= 4 is 11.9 Å². The summed E-state index contributed by atoms with van der Waals surface area (Å²) in [6, 6.07) is 0. The molecule has 26 heavy (non-hydrogen) atoms. The maximum absolute atomic E-state index is 11.6. The van der Waals surface area contributed by atoms with Gasteiger partial charge in [-0.3, -0.25) is 9.59 Å². The Hall–Kier alpha value is -1.06. The molecule has 0 amide bonds. The Balaban J connectivity index is 3.16. The number of carboxylic acid groups (broad SMARTS) is 1. The molecular formula is C22H42O4. The van der Waals surface area contributed by atoms with Crippen LogP contribution in [0.25, 0.3) is 0 Å². The fraction of sp³-hybridized carbons (Fsp3) is 0.909. The molecule has 0 bridgehead atoms. The molecule has 0 aromatic rings. The average Bonchev–Trinajstić information content (AvgIpc) is 2.61. The van der Waals surface area contributed by atoms with Gasteiger partial charge in [0.15, 0.2) is 0 Å². The van der Waals surface area contributed by atoms with Crippen LogP contribution in [-0.4, -0.2) is 23.7 Å². The molecule has 0 rings (SSSR count). The Kier molecular flexibility index (Phi) is 19.4. The predicted octanol–water partition coefficient (Wildman–Crippen LogP) is 6.66. The van der Waals surface area contributed by atoms with Gasteiger partial charge in [-0.2, -0.15) is 0 Å². The number of carboxylic acids is 1. The van der Waals surface area contributed by atoms with E-state index in [4.69, 9.17) is 9.84 Å². The van der Waals surface area contributed by atoms with E-state index in [2.05, 4.69) is 6.92 Å². The molecule has 0 aliphatic heterocycles. The summed E-state index contributed by atoms with van der Waals surface area (Å²) < 4.78 is 5.28. The van der Waals surface area contributed by atoms with Crippen LogP contribution in [0.2, 0.25) is 0 Å². The van der Waals surface area contributed by atoms with Crippen molar-refractivity contribution in [1.29, 1.82) is 0 Å². The minimum Gasteiger partial charge on any atom is -0.481 e. The lowest BCUT2D eigenvalue weighted by molar-refractivity contribution is -0.144. The van der Waals surface area contributed by atoms with Gasteiger partial charge < -0.3 is 9.84 Å². The van der Waals surface area contributed by atoms with Gasteiger partial charge in [0.25, 0.3) is 0 Å². The molecule has 0 saturated carbocycles. The first-order valence-corrected chi connectivity index (χ1v) is 11.0. The number of hydrogen-bond acceptors (Lipinski definition) is 3. The molecule has 0 atom stereocenters. The fourth-order valence-electron chi connectivity index (χ4n) is 3.10. The van der Waals surface area contributed by atoms with Crippen LogP contribution in [0, 0.1) is 0 Å². The Morgan fingerprint density at radius 2 is 1.04 bits per heavy atom. The van der Waals surface area contributed by atoms with Crippen LogP contribution in [0.3, 0.4) is 0 Å². The molecule has 0 unspecified atom stereocenters. The summed E-state index contributed by atoms with van der Waals surface area (Å²) in [6.07, 6.45) is 19.5. The van der Waals surface area contributed by atoms with Gasteiger partial charge in [-0.25, -0.2) is 0 Å². The number of carbonyl (C=O) groups excluding carboxylic acids is 1. The maximum atomic E-state index is 11.6. The Morgan fingerprint density at radius 3 is 1.54 bits per heavy atom. The maximum Gasteiger partial charge on any atom is 0.305 e. The van der Waals surface area contributed by atoms with Crippen molar-refractivity contribution in [1.82, 2.24) is 0 Å². The molecule has 0 aromatic heterocycles. The lowest BCUT2D eigenvalue weighted by atomic mass is 10.1. The summed E-state index contributed by atoms with van der Waals surface area (Å²) >= 11 is 0. The van der Waals surface area contributed by atoms with E-state index >= 15 is 0 Å². The standard InChI is InChI=1S/C22H42O4/c1-2-3-4-5-6-7-8-11-14-17-20-26-22(25)19-16-13-10-9-12-15-18-21(23)24/h2-20H2,1H3,(H,23,24). The minimum atomic E-state index is -0.713. The summed E-state index contributed by atoms with van der Waals surface area (Å²) in [4.78, 5) is 22.0. The van der Waals surface area contributed by atoms with E-state index in [9.17, 15) is 9.59 Å². The second-order valence-electron chi connectivity index (χ2n) is 7.42. The van der Waals surface area contributed by atoms with Crippen molar-refractivity contribution in [2.75, 3.05) is 6.61 Å². The lowest BCUT2D eigenvalue weighted by Gasteiger charge is -2.05. The molecule has 0 fully saturated rings. The molecule has 1 N–H and O–H groups in total. The van der Waals surface area contributed by atoms with E-state index in [1.54, 1.807) is 0 Å². The number of aliphatic carboxylic acids is 1. The van der Waals surface area contributed by atoms with Crippen molar-refractivity contribution in [2.45, 2.75) is 122 Å². The van der Waals surface area contributed by atoms with Gasteiger partial charge in [-0.05, 0) is 19.3 Å². The lowest BCUT2D eigenvalue weighted by Crippen LogP contribution is -2.05. The zero-order chi connectivity index (χ0) is 19.3. The molecule has 154 valence electrons. The molecule has 4 heteroatoms. The van der Waals surface area contributed by atoms with Crippen LogP contribution in [0.4, 0.5) is 0 Å². The predicted molar refractivity (Wildman–Crippen MR) is 107 cm³/mol. The van der Waals surface area contributed by atoms with Crippen molar-refractivity contribution in [3.63, 3.8) is 0 Å². The highest BCUT2D eigenvalue weighted by Crippen LogP contribution is 2.11. The quantitative estimate of drug-likeness (QED) is 0.192. The largest absolute Gasteiger partial charge is 0.481 e. The molecule has 0 aliphatic carbocycles. The van der Waals surface area contributed by atoms with Crippen LogP contribution in [-0.2, 0) is 14.3 Å². The third-order valence-corrected chi connectivity index (χ3v) is 4.78. The monoisotopic (exact) mass is 370 g/mol. The average molecular weight is 371 g/mol. The molecule has 0 aliphatic rings. The van der Waals surface area contributed by atoms with Crippen molar-refractivity contribution in [2.24, 2.45) is 0 Å². The molecule has 0 spiro atoms. The van der Waals surface area contributed by atoms with Gasteiger partial charge in [0.05, 0.1) is 6.61 Å². The number of rotatable bonds is 20. The Bertz CT molecular complexity index is 328. The summed E-state index contributed by atoms with van der Waals surface area (Å²) in [5.74, 6) is -0.776. The topological polar surface area (TPSA) is 63.6 Å². The normalized spacial score (nSPS) is 10.8. The van der Waals surface area contributed by atoms with E-state index in [-0.39, 0.29) is 12.4 Å². The second-order valence-corrected chi connectivity index (χ2v) is 7.42. The summed E-state index contributed by atoms with van der Waals surface area (Å²) in [7, 11) is 0. The van der Waals surface area contributed by atoms with Gasteiger partial charge in [-0.1, -0.05) is 90.4 Å². The van der Waals surface area contributed by atoms with Crippen LogP contribution in [0.5, 0.6) is 0 Å². The second kappa shape index (κ2) is 20.3. The smallest absolute Gasteiger partial charge is 0.305 e. The Morgan fingerprint density at radius 1 is 0.615 bits per heavy atom. The summed E-state index contributed by atoms with van der Waals surface area (Å²) in [6.45, 7) is 2.82. The van der Waals surface area contributed by atoms with Crippen LogP contribution in [0.15, 0.2) is 0 Å². The van der Waals surface area contributed by atoms with E-state index in [1.165, 1.54) is 57.8 Å². The van der Waals surface area contributed by atoms with Gasteiger partial charge in [0.2, 0.25) is 0 Å². The third kappa shape index (κ3) is 21.0. The number of hydrogen-bond donors (Lipinski definition) is 1. The summed E-state index contributed by atoms with van der Waals surface area (Å²) in [5.41, 5.74) is 0. The Labute approximate surface area is 161 Å². The van der Waals surface area contributed by atoms with Crippen molar-refractivity contribution in [3.05, 3.63) is 0 Å². The highest BCUT2D eigenvalue weighted by atomic mass is 16.5. The molecule has 0 heterocycles.